The van der Waals surface area contributed by atoms with E-state index in [2.05, 4.69) is 33.0 Å². The summed E-state index contributed by atoms with van der Waals surface area (Å²) < 4.78 is 5.10. The molecule has 17 heavy (non-hydrogen) atoms. The molecule has 0 aromatic rings. The van der Waals surface area contributed by atoms with Crippen molar-refractivity contribution in [2.45, 2.75) is 58.8 Å². The number of nitrogens with one attached hydrogen (secondary N) is 1. The molecule has 0 aliphatic carbocycles. The third-order valence-electron chi connectivity index (χ3n) is 3.48. The van der Waals surface area contributed by atoms with Crippen molar-refractivity contribution in [2.24, 2.45) is 5.92 Å². The molecule has 1 amide bonds. The number of carbonyl (C=O) groups excluding carboxylic acids is 1. The van der Waals surface area contributed by atoms with Gasteiger partial charge < -0.3 is 9.64 Å². The Labute approximate surface area is 105 Å². The van der Waals surface area contributed by atoms with E-state index in [-0.39, 0.29) is 24.2 Å². The van der Waals surface area contributed by atoms with Gasteiger partial charge in [-0.1, -0.05) is 20.8 Å². The van der Waals surface area contributed by atoms with Crippen molar-refractivity contribution < 1.29 is 9.53 Å². The van der Waals surface area contributed by atoms with E-state index < -0.39 is 0 Å². The number of amides is 1. The Bertz CT molecular complexity index is 256. The van der Waals surface area contributed by atoms with Crippen LogP contribution in [-0.4, -0.2) is 42.8 Å². The molecule has 1 saturated heterocycles. The van der Waals surface area contributed by atoms with Crippen LogP contribution in [0.2, 0.25) is 0 Å². The summed E-state index contributed by atoms with van der Waals surface area (Å²) in [6, 6.07) is 0.228. The molecule has 4 heteroatoms. The lowest BCUT2D eigenvalue weighted by Gasteiger charge is -2.32. The minimum atomic E-state index is -0.00704. The molecule has 0 aromatic carbocycles. The topological polar surface area (TPSA) is 41.6 Å². The van der Waals surface area contributed by atoms with Gasteiger partial charge in [-0.2, -0.15) is 0 Å². The van der Waals surface area contributed by atoms with E-state index >= 15 is 0 Å². The molecular weight excluding hydrogens is 216 g/mol. The molecular formula is C13H26N2O2. The van der Waals surface area contributed by atoms with Gasteiger partial charge in [0.05, 0.1) is 12.2 Å². The van der Waals surface area contributed by atoms with Crippen LogP contribution >= 0.6 is 0 Å². The summed E-state index contributed by atoms with van der Waals surface area (Å²) in [6.07, 6.45) is 1.92. The van der Waals surface area contributed by atoms with Crippen LogP contribution < -0.4 is 5.32 Å². The van der Waals surface area contributed by atoms with Crippen LogP contribution in [0.4, 0.5) is 0 Å². The highest BCUT2D eigenvalue weighted by molar-refractivity contribution is 5.84. The fourth-order valence-electron chi connectivity index (χ4n) is 2.40. The molecule has 1 fully saturated rings. The van der Waals surface area contributed by atoms with Gasteiger partial charge in [-0.15, -0.1) is 0 Å². The zero-order valence-electron chi connectivity index (χ0n) is 11.7. The second kappa shape index (κ2) is 6.36. The number of hydrogen-bond donors (Lipinski definition) is 1. The number of rotatable bonds is 6. The molecule has 0 bridgehead atoms. The molecule has 1 aliphatic heterocycles. The predicted octanol–water partition coefficient (Wildman–Crippen LogP) is 1.60. The first-order chi connectivity index (χ1) is 8.02. The lowest BCUT2D eigenvalue weighted by atomic mass is 10.1. The highest BCUT2D eigenvalue weighted by Crippen LogP contribution is 2.23. The van der Waals surface area contributed by atoms with Crippen LogP contribution in [-0.2, 0) is 9.53 Å². The predicted molar refractivity (Wildman–Crippen MR) is 68.6 cm³/mol. The Balaban J connectivity index is 2.73. The van der Waals surface area contributed by atoms with Gasteiger partial charge >= 0.3 is 0 Å². The smallest absolute Gasteiger partial charge is 0.241 e. The molecule has 3 unspecified atom stereocenters. The van der Waals surface area contributed by atoms with Crippen LogP contribution in [0.3, 0.4) is 0 Å². The molecule has 0 saturated carbocycles. The maximum atomic E-state index is 12.3. The molecule has 4 nitrogen and oxygen atoms in total. The monoisotopic (exact) mass is 242 g/mol. The Morgan fingerprint density at radius 3 is 2.53 bits per heavy atom. The van der Waals surface area contributed by atoms with Crippen LogP contribution in [0, 0.1) is 5.92 Å². The minimum absolute atomic E-state index is 0.00704. The Morgan fingerprint density at radius 1 is 1.41 bits per heavy atom. The minimum Gasteiger partial charge on any atom is -0.385 e. The first kappa shape index (κ1) is 14.5. The third-order valence-corrected chi connectivity index (χ3v) is 3.48. The molecule has 1 rings (SSSR count). The zero-order valence-corrected chi connectivity index (χ0v) is 11.7. The average Bonchev–Trinajstić information content (AvgIpc) is 2.63. The number of ether oxygens (including phenoxy) is 1. The van der Waals surface area contributed by atoms with Crippen LogP contribution in [0.25, 0.3) is 0 Å². The van der Waals surface area contributed by atoms with Gasteiger partial charge in [0.15, 0.2) is 0 Å². The molecule has 0 radical (unpaired) electrons. The molecule has 1 aliphatic rings. The SMILES string of the molecule is CCC1NC(C(C)C)N(C(C)CCOC)C1=O. The van der Waals surface area contributed by atoms with Gasteiger partial charge in [0.2, 0.25) is 5.91 Å². The number of carbonyl (C=O) groups is 1. The van der Waals surface area contributed by atoms with Crippen molar-refractivity contribution in [3.8, 4) is 0 Å². The lowest BCUT2D eigenvalue weighted by Crippen LogP contribution is -2.46. The quantitative estimate of drug-likeness (QED) is 0.769. The molecule has 0 aromatic heterocycles. The summed E-state index contributed by atoms with van der Waals surface area (Å²) in [5, 5.41) is 3.43. The summed E-state index contributed by atoms with van der Waals surface area (Å²) in [5.41, 5.74) is 0. The Kier molecular flexibility index (Phi) is 5.40. The van der Waals surface area contributed by atoms with Gasteiger partial charge in [-0.25, -0.2) is 0 Å². The van der Waals surface area contributed by atoms with E-state index in [0.717, 1.165) is 12.8 Å². The van der Waals surface area contributed by atoms with E-state index in [1.807, 2.05) is 4.90 Å². The van der Waals surface area contributed by atoms with Crippen molar-refractivity contribution in [1.29, 1.82) is 0 Å². The largest absolute Gasteiger partial charge is 0.385 e. The summed E-state index contributed by atoms with van der Waals surface area (Å²) >= 11 is 0. The van der Waals surface area contributed by atoms with Gasteiger partial charge in [-0.05, 0) is 25.7 Å². The highest BCUT2D eigenvalue weighted by Gasteiger charge is 2.41. The molecule has 1 N–H and O–H groups in total. The van der Waals surface area contributed by atoms with Crippen molar-refractivity contribution in [2.75, 3.05) is 13.7 Å². The normalized spacial score (nSPS) is 26.9. The van der Waals surface area contributed by atoms with Crippen LogP contribution in [0.5, 0.6) is 0 Å². The molecule has 100 valence electrons. The number of methoxy groups -OCH3 is 1. The van der Waals surface area contributed by atoms with E-state index in [1.54, 1.807) is 7.11 Å². The molecule has 3 atom stereocenters. The van der Waals surface area contributed by atoms with Crippen molar-refractivity contribution >= 4 is 5.91 Å². The summed E-state index contributed by atoms with van der Waals surface area (Å²) in [7, 11) is 1.70. The zero-order chi connectivity index (χ0) is 13.0. The fourth-order valence-corrected chi connectivity index (χ4v) is 2.40. The van der Waals surface area contributed by atoms with Gasteiger partial charge in [0.1, 0.15) is 0 Å². The summed E-state index contributed by atoms with van der Waals surface area (Å²) in [6.45, 7) is 9.16. The Hall–Kier alpha value is -0.610. The first-order valence-electron chi connectivity index (χ1n) is 6.60. The maximum absolute atomic E-state index is 12.3. The Morgan fingerprint density at radius 2 is 2.06 bits per heavy atom. The fraction of sp³-hybridized carbons (Fsp3) is 0.923. The van der Waals surface area contributed by atoms with Gasteiger partial charge in [0, 0.05) is 19.8 Å². The second-order valence-electron chi connectivity index (χ2n) is 5.19. The van der Waals surface area contributed by atoms with Crippen molar-refractivity contribution in [3.63, 3.8) is 0 Å². The van der Waals surface area contributed by atoms with Crippen LogP contribution in [0.15, 0.2) is 0 Å². The highest BCUT2D eigenvalue weighted by atomic mass is 16.5. The molecule has 0 spiro atoms. The van der Waals surface area contributed by atoms with E-state index in [0.29, 0.717) is 12.5 Å². The third kappa shape index (κ3) is 3.19. The number of nitrogens with zero attached hydrogens (tertiary/aromatic N) is 1. The summed E-state index contributed by atoms with van der Waals surface area (Å²) in [5.74, 6) is 0.676. The van der Waals surface area contributed by atoms with Crippen LogP contribution in [0.1, 0.15) is 40.5 Å². The second-order valence-corrected chi connectivity index (χ2v) is 5.19. The van der Waals surface area contributed by atoms with E-state index in [1.165, 1.54) is 0 Å². The average molecular weight is 242 g/mol. The summed E-state index contributed by atoms with van der Waals surface area (Å²) in [4.78, 5) is 14.3. The number of hydrogen-bond acceptors (Lipinski definition) is 3. The van der Waals surface area contributed by atoms with E-state index in [4.69, 9.17) is 4.74 Å². The van der Waals surface area contributed by atoms with E-state index in [9.17, 15) is 4.79 Å². The molecule has 1 heterocycles. The van der Waals surface area contributed by atoms with Gasteiger partial charge in [-0.3, -0.25) is 10.1 Å². The first-order valence-corrected chi connectivity index (χ1v) is 6.60. The standard InChI is InChI=1S/C13H26N2O2/c1-6-11-13(16)15(10(4)7-8-17-5)12(14-11)9(2)3/h9-12,14H,6-8H2,1-5H3. The van der Waals surface area contributed by atoms with Crippen molar-refractivity contribution in [3.05, 3.63) is 0 Å². The lowest BCUT2D eigenvalue weighted by molar-refractivity contribution is -0.132. The van der Waals surface area contributed by atoms with Gasteiger partial charge in [0.25, 0.3) is 0 Å². The van der Waals surface area contributed by atoms with Crippen molar-refractivity contribution in [1.82, 2.24) is 10.2 Å². The maximum Gasteiger partial charge on any atom is 0.241 e.